The van der Waals surface area contributed by atoms with Crippen molar-refractivity contribution in [2.24, 2.45) is 5.92 Å². The molecule has 0 saturated heterocycles. The Morgan fingerprint density at radius 3 is 2.32 bits per heavy atom. The first-order valence-corrected chi connectivity index (χ1v) is 9.23. The quantitative estimate of drug-likeness (QED) is 0.779. The minimum atomic E-state index is -3.07. The minimum absolute atomic E-state index is 0.0632. The van der Waals surface area contributed by atoms with E-state index in [1.807, 2.05) is 62.4 Å². The predicted octanol–water partition coefficient (Wildman–Crippen LogP) is 3.84. The third-order valence-corrected chi connectivity index (χ3v) is 5.07. The Balaban J connectivity index is 2.01. The highest BCUT2D eigenvalue weighted by Crippen LogP contribution is 2.18. The summed E-state index contributed by atoms with van der Waals surface area (Å²) < 4.78 is 29.9. The lowest BCUT2D eigenvalue weighted by Gasteiger charge is -2.10. The fourth-order valence-electron chi connectivity index (χ4n) is 2.29. The molecule has 0 N–H and O–H groups in total. The normalized spacial score (nSPS) is 11.6. The van der Waals surface area contributed by atoms with Crippen molar-refractivity contribution in [3.8, 4) is 5.75 Å². The molecule has 0 aliphatic rings. The maximum absolute atomic E-state index is 12.1. The molecule has 0 heterocycles. The molecule has 0 unspecified atom stereocenters. The fraction of sp³-hybridized carbons (Fsp3) is 0.333. The molecule has 2 aromatic carbocycles. The molecule has 0 bridgehead atoms. The van der Waals surface area contributed by atoms with Crippen molar-refractivity contribution in [2.75, 3.05) is 5.75 Å². The van der Waals surface area contributed by atoms with Crippen LogP contribution in [0.2, 0.25) is 0 Å². The SMILES string of the molecule is CC(C)CS(=O)(=O)Cc1cccc(OCc2ccccc2)c1. The first-order chi connectivity index (χ1) is 10.4. The lowest BCUT2D eigenvalue weighted by Crippen LogP contribution is -2.13. The summed E-state index contributed by atoms with van der Waals surface area (Å²) in [6.07, 6.45) is 0. The van der Waals surface area contributed by atoms with Gasteiger partial charge in [0.15, 0.2) is 9.84 Å². The van der Waals surface area contributed by atoms with Crippen molar-refractivity contribution >= 4 is 9.84 Å². The standard InChI is InChI=1S/C18H22O3S/c1-15(2)13-22(19,20)14-17-9-6-10-18(11-17)21-12-16-7-4-3-5-8-16/h3-11,15H,12-14H2,1-2H3. The second-order valence-electron chi connectivity index (χ2n) is 5.87. The predicted molar refractivity (Wildman–Crippen MR) is 89.5 cm³/mol. The lowest BCUT2D eigenvalue weighted by atomic mass is 10.2. The molecule has 0 amide bonds. The summed E-state index contributed by atoms with van der Waals surface area (Å²) in [5.41, 5.74) is 1.85. The summed E-state index contributed by atoms with van der Waals surface area (Å²) in [4.78, 5) is 0. The van der Waals surface area contributed by atoms with Gasteiger partial charge in [-0.05, 0) is 29.2 Å². The highest BCUT2D eigenvalue weighted by molar-refractivity contribution is 7.90. The highest BCUT2D eigenvalue weighted by atomic mass is 32.2. The second-order valence-corrected chi connectivity index (χ2v) is 7.98. The van der Waals surface area contributed by atoms with Gasteiger partial charge in [-0.15, -0.1) is 0 Å². The monoisotopic (exact) mass is 318 g/mol. The average molecular weight is 318 g/mol. The van der Waals surface area contributed by atoms with Gasteiger partial charge in [-0.2, -0.15) is 0 Å². The Labute approximate surface area is 132 Å². The van der Waals surface area contributed by atoms with Crippen LogP contribution in [0.1, 0.15) is 25.0 Å². The van der Waals surface area contributed by atoms with E-state index in [0.717, 1.165) is 11.1 Å². The van der Waals surface area contributed by atoms with Gasteiger partial charge >= 0.3 is 0 Å². The summed E-state index contributed by atoms with van der Waals surface area (Å²) in [7, 11) is -3.07. The van der Waals surface area contributed by atoms with Crippen LogP contribution in [0.4, 0.5) is 0 Å². The van der Waals surface area contributed by atoms with Crippen molar-refractivity contribution in [2.45, 2.75) is 26.2 Å². The van der Waals surface area contributed by atoms with Crippen molar-refractivity contribution in [3.05, 3.63) is 65.7 Å². The Bertz CT molecular complexity index is 691. The number of rotatable bonds is 7. The molecule has 4 heteroatoms. The molecule has 22 heavy (non-hydrogen) atoms. The fourth-order valence-corrected chi connectivity index (χ4v) is 4.11. The molecule has 0 saturated carbocycles. The molecular formula is C18H22O3S. The summed E-state index contributed by atoms with van der Waals surface area (Å²) in [5, 5.41) is 0. The van der Waals surface area contributed by atoms with Gasteiger partial charge in [0.1, 0.15) is 12.4 Å². The van der Waals surface area contributed by atoms with Crippen LogP contribution >= 0.6 is 0 Å². The van der Waals surface area contributed by atoms with E-state index < -0.39 is 9.84 Å². The van der Waals surface area contributed by atoms with Gasteiger partial charge in [-0.1, -0.05) is 56.3 Å². The molecule has 0 atom stereocenters. The molecule has 2 aromatic rings. The summed E-state index contributed by atoms with van der Waals surface area (Å²) in [5.74, 6) is 1.11. The smallest absolute Gasteiger partial charge is 0.154 e. The number of hydrogen-bond acceptors (Lipinski definition) is 3. The van der Waals surface area contributed by atoms with E-state index in [1.165, 1.54) is 0 Å². The molecule has 2 rings (SSSR count). The van der Waals surface area contributed by atoms with Gasteiger partial charge < -0.3 is 4.74 Å². The van der Waals surface area contributed by atoms with Gasteiger partial charge in [-0.25, -0.2) is 8.42 Å². The largest absolute Gasteiger partial charge is 0.489 e. The zero-order valence-electron chi connectivity index (χ0n) is 13.0. The number of ether oxygens (including phenoxy) is 1. The number of sulfone groups is 1. The lowest BCUT2D eigenvalue weighted by molar-refractivity contribution is 0.306. The van der Waals surface area contributed by atoms with Crippen LogP contribution in [-0.4, -0.2) is 14.2 Å². The van der Waals surface area contributed by atoms with E-state index in [9.17, 15) is 8.42 Å². The Kier molecular flexibility index (Phi) is 5.61. The van der Waals surface area contributed by atoms with Crippen LogP contribution in [-0.2, 0) is 22.2 Å². The van der Waals surface area contributed by atoms with Crippen molar-refractivity contribution in [1.82, 2.24) is 0 Å². The number of benzene rings is 2. The molecule has 0 spiro atoms. The van der Waals surface area contributed by atoms with Gasteiger partial charge in [0.2, 0.25) is 0 Å². The third kappa shape index (κ3) is 5.53. The molecule has 0 aliphatic heterocycles. The van der Waals surface area contributed by atoms with E-state index in [-0.39, 0.29) is 17.4 Å². The summed E-state index contributed by atoms with van der Waals surface area (Å²) in [6.45, 7) is 4.30. The zero-order chi connectivity index (χ0) is 16.0. The van der Waals surface area contributed by atoms with Crippen LogP contribution in [0.15, 0.2) is 54.6 Å². The van der Waals surface area contributed by atoms with E-state index >= 15 is 0 Å². The third-order valence-electron chi connectivity index (χ3n) is 3.12. The Morgan fingerprint density at radius 1 is 0.955 bits per heavy atom. The van der Waals surface area contributed by atoms with E-state index in [0.29, 0.717) is 12.4 Å². The van der Waals surface area contributed by atoms with Gasteiger partial charge in [0.05, 0.1) is 11.5 Å². The number of hydrogen-bond donors (Lipinski definition) is 0. The van der Waals surface area contributed by atoms with Crippen molar-refractivity contribution in [3.63, 3.8) is 0 Å². The molecular weight excluding hydrogens is 296 g/mol. The van der Waals surface area contributed by atoms with Gasteiger partial charge in [-0.3, -0.25) is 0 Å². The molecule has 0 fully saturated rings. The molecule has 0 aromatic heterocycles. The second kappa shape index (κ2) is 7.45. The first-order valence-electron chi connectivity index (χ1n) is 7.41. The van der Waals surface area contributed by atoms with Crippen LogP contribution < -0.4 is 4.74 Å². The maximum Gasteiger partial charge on any atom is 0.154 e. The van der Waals surface area contributed by atoms with Crippen LogP contribution in [0.5, 0.6) is 5.75 Å². The van der Waals surface area contributed by atoms with E-state index in [4.69, 9.17) is 4.74 Å². The average Bonchev–Trinajstić information content (AvgIpc) is 2.44. The Morgan fingerprint density at radius 2 is 1.64 bits per heavy atom. The summed E-state index contributed by atoms with van der Waals surface area (Å²) in [6, 6.07) is 17.2. The maximum atomic E-state index is 12.1. The summed E-state index contributed by atoms with van der Waals surface area (Å²) >= 11 is 0. The van der Waals surface area contributed by atoms with Gasteiger partial charge in [0, 0.05) is 0 Å². The minimum Gasteiger partial charge on any atom is -0.489 e. The van der Waals surface area contributed by atoms with Crippen molar-refractivity contribution < 1.29 is 13.2 Å². The molecule has 0 aliphatic carbocycles. The van der Waals surface area contributed by atoms with E-state index in [2.05, 4.69) is 0 Å². The van der Waals surface area contributed by atoms with Crippen molar-refractivity contribution in [1.29, 1.82) is 0 Å². The highest BCUT2D eigenvalue weighted by Gasteiger charge is 2.14. The molecule has 118 valence electrons. The molecule has 0 radical (unpaired) electrons. The van der Waals surface area contributed by atoms with Crippen LogP contribution in [0, 0.1) is 5.92 Å². The molecule has 3 nitrogen and oxygen atoms in total. The Hall–Kier alpha value is -1.81. The van der Waals surface area contributed by atoms with E-state index in [1.54, 1.807) is 6.07 Å². The topological polar surface area (TPSA) is 43.4 Å². The zero-order valence-corrected chi connectivity index (χ0v) is 13.8. The van der Waals surface area contributed by atoms with Crippen LogP contribution in [0.3, 0.4) is 0 Å². The van der Waals surface area contributed by atoms with Crippen LogP contribution in [0.25, 0.3) is 0 Å². The van der Waals surface area contributed by atoms with Gasteiger partial charge in [0.25, 0.3) is 0 Å². The first kappa shape index (κ1) is 16.6.